The normalized spacial score (nSPS) is 17.4. The second kappa shape index (κ2) is 5.83. The van der Waals surface area contributed by atoms with E-state index in [2.05, 4.69) is 52.4 Å². The summed E-state index contributed by atoms with van der Waals surface area (Å²) in [6.07, 6.45) is 5.24. The van der Waals surface area contributed by atoms with Crippen LogP contribution in [-0.2, 0) is 6.42 Å². The van der Waals surface area contributed by atoms with Crippen molar-refractivity contribution in [3.8, 4) is 0 Å². The predicted molar refractivity (Wildman–Crippen MR) is 72.7 cm³/mol. The van der Waals surface area contributed by atoms with E-state index in [1.165, 1.54) is 29.3 Å². The molecule has 1 aliphatic carbocycles. The lowest BCUT2D eigenvalue weighted by Gasteiger charge is -2.16. The van der Waals surface area contributed by atoms with Crippen LogP contribution in [0.2, 0.25) is 0 Å². The monoisotopic (exact) mass is 281 g/mol. The standard InChI is InChI=1S/C14H20BrN/c1-2-14(12-7-8-12)16-10-9-11-5-3-4-6-13(11)15/h3-6,12,14,16H,2,7-10H2,1H3. The summed E-state index contributed by atoms with van der Waals surface area (Å²) in [7, 11) is 0. The maximum Gasteiger partial charge on any atom is 0.0207 e. The first-order valence-corrected chi connectivity index (χ1v) is 7.07. The fraction of sp³-hybridized carbons (Fsp3) is 0.571. The molecule has 0 radical (unpaired) electrons. The van der Waals surface area contributed by atoms with Gasteiger partial charge in [-0.3, -0.25) is 0 Å². The molecule has 1 aromatic carbocycles. The van der Waals surface area contributed by atoms with E-state index in [1.54, 1.807) is 0 Å². The Morgan fingerprint density at radius 1 is 1.38 bits per heavy atom. The molecular formula is C14H20BrN. The van der Waals surface area contributed by atoms with Crippen molar-refractivity contribution in [3.05, 3.63) is 34.3 Å². The molecular weight excluding hydrogens is 262 g/mol. The molecule has 1 nitrogen and oxygen atoms in total. The van der Waals surface area contributed by atoms with Gasteiger partial charge in [0.15, 0.2) is 0 Å². The summed E-state index contributed by atoms with van der Waals surface area (Å²) in [5.74, 6) is 0.962. The number of benzene rings is 1. The molecule has 0 spiro atoms. The lowest BCUT2D eigenvalue weighted by Crippen LogP contribution is -2.32. The Labute approximate surface area is 107 Å². The molecule has 2 heteroatoms. The van der Waals surface area contributed by atoms with Crippen molar-refractivity contribution in [3.63, 3.8) is 0 Å². The number of hydrogen-bond acceptors (Lipinski definition) is 1. The van der Waals surface area contributed by atoms with Crippen LogP contribution in [0.15, 0.2) is 28.7 Å². The molecule has 1 N–H and O–H groups in total. The van der Waals surface area contributed by atoms with Gasteiger partial charge in [-0.25, -0.2) is 0 Å². The van der Waals surface area contributed by atoms with Gasteiger partial charge in [-0.2, -0.15) is 0 Å². The van der Waals surface area contributed by atoms with Crippen molar-refractivity contribution >= 4 is 15.9 Å². The van der Waals surface area contributed by atoms with Crippen LogP contribution in [0, 0.1) is 5.92 Å². The van der Waals surface area contributed by atoms with Gasteiger partial charge in [-0.05, 0) is 49.8 Å². The largest absolute Gasteiger partial charge is 0.313 e. The van der Waals surface area contributed by atoms with E-state index >= 15 is 0 Å². The second-order valence-electron chi connectivity index (χ2n) is 4.65. The zero-order valence-corrected chi connectivity index (χ0v) is 11.5. The molecule has 1 unspecified atom stereocenters. The molecule has 0 bridgehead atoms. The molecule has 0 saturated heterocycles. The number of hydrogen-bond donors (Lipinski definition) is 1. The van der Waals surface area contributed by atoms with Crippen LogP contribution < -0.4 is 5.32 Å². The maximum atomic E-state index is 3.69. The van der Waals surface area contributed by atoms with E-state index in [1.807, 2.05) is 0 Å². The van der Waals surface area contributed by atoms with Crippen molar-refractivity contribution < 1.29 is 0 Å². The smallest absolute Gasteiger partial charge is 0.0207 e. The molecule has 1 fully saturated rings. The van der Waals surface area contributed by atoms with Crippen LogP contribution in [-0.4, -0.2) is 12.6 Å². The van der Waals surface area contributed by atoms with E-state index < -0.39 is 0 Å². The summed E-state index contributed by atoms with van der Waals surface area (Å²) in [4.78, 5) is 0. The summed E-state index contributed by atoms with van der Waals surface area (Å²) < 4.78 is 1.23. The lowest BCUT2D eigenvalue weighted by atomic mass is 10.1. The highest BCUT2D eigenvalue weighted by atomic mass is 79.9. The van der Waals surface area contributed by atoms with E-state index in [0.717, 1.165) is 24.9 Å². The minimum absolute atomic E-state index is 0.752. The van der Waals surface area contributed by atoms with Crippen LogP contribution in [0.25, 0.3) is 0 Å². The Hall–Kier alpha value is -0.340. The quantitative estimate of drug-likeness (QED) is 0.837. The van der Waals surface area contributed by atoms with Crippen molar-refractivity contribution in [2.45, 2.75) is 38.6 Å². The lowest BCUT2D eigenvalue weighted by molar-refractivity contribution is 0.453. The van der Waals surface area contributed by atoms with Crippen molar-refractivity contribution in [2.75, 3.05) is 6.54 Å². The molecule has 0 aliphatic heterocycles. The molecule has 0 heterocycles. The highest BCUT2D eigenvalue weighted by Gasteiger charge is 2.29. The highest BCUT2D eigenvalue weighted by Crippen LogP contribution is 2.33. The third-order valence-corrected chi connectivity index (χ3v) is 4.16. The number of halogens is 1. The van der Waals surface area contributed by atoms with Crippen LogP contribution >= 0.6 is 15.9 Å². The van der Waals surface area contributed by atoms with Gasteiger partial charge in [0.05, 0.1) is 0 Å². The molecule has 2 rings (SSSR count). The van der Waals surface area contributed by atoms with Gasteiger partial charge >= 0.3 is 0 Å². The SMILES string of the molecule is CCC(NCCc1ccccc1Br)C1CC1. The summed E-state index contributed by atoms with van der Waals surface area (Å²) in [5, 5.41) is 3.69. The Balaban J connectivity index is 1.77. The summed E-state index contributed by atoms with van der Waals surface area (Å²) >= 11 is 3.59. The third kappa shape index (κ3) is 3.33. The first-order valence-electron chi connectivity index (χ1n) is 6.28. The summed E-state index contributed by atoms with van der Waals surface area (Å²) in [6, 6.07) is 9.25. The fourth-order valence-corrected chi connectivity index (χ4v) is 2.72. The Morgan fingerprint density at radius 2 is 2.12 bits per heavy atom. The van der Waals surface area contributed by atoms with Crippen LogP contribution in [0.3, 0.4) is 0 Å². The predicted octanol–water partition coefficient (Wildman–Crippen LogP) is 3.77. The van der Waals surface area contributed by atoms with Crippen molar-refractivity contribution in [2.24, 2.45) is 5.92 Å². The third-order valence-electron chi connectivity index (χ3n) is 3.39. The highest BCUT2D eigenvalue weighted by molar-refractivity contribution is 9.10. The molecule has 1 atom stereocenters. The Kier molecular flexibility index (Phi) is 4.42. The molecule has 0 aromatic heterocycles. The van der Waals surface area contributed by atoms with Crippen molar-refractivity contribution in [1.82, 2.24) is 5.32 Å². The van der Waals surface area contributed by atoms with Gasteiger partial charge in [-0.1, -0.05) is 41.1 Å². The van der Waals surface area contributed by atoms with E-state index in [9.17, 15) is 0 Å². The van der Waals surface area contributed by atoms with Gasteiger partial charge in [0.25, 0.3) is 0 Å². The summed E-state index contributed by atoms with van der Waals surface area (Å²) in [6.45, 7) is 3.38. The second-order valence-corrected chi connectivity index (χ2v) is 5.50. The van der Waals surface area contributed by atoms with E-state index in [-0.39, 0.29) is 0 Å². The molecule has 88 valence electrons. The Morgan fingerprint density at radius 3 is 2.75 bits per heavy atom. The zero-order chi connectivity index (χ0) is 11.4. The Bertz CT molecular complexity index is 333. The number of rotatable bonds is 6. The van der Waals surface area contributed by atoms with Gasteiger partial charge < -0.3 is 5.32 Å². The summed E-state index contributed by atoms with van der Waals surface area (Å²) in [5.41, 5.74) is 1.40. The maximum absolute atomic E-state index is 3.69. The molecule has 1 saturated carbocycles. The van der Waals surface area contributed by atoms with Crippen LogP contribution in [0.5, 0.6) is 0 Å². The molecule has 0 amide bonds. The first kappa shape index (κ1) is 12.1. The van der Waals surface area contributed by atoms with E-state index in [4.69, 9.17) is 0 Å². The fourth-order valence-electron chi connectivity index (χ4n) is 2.24. The van der Waals surface area contributed by atoms with Crippen molar-refractivity contribution in [1.29, 1.82) is 0 Å². The average molecular weight is 282 g/mol. The minimum atomic E-state index is 0.752. The van der Waals surface area contributed by atoms with Gasteiger partial charge in [0, 0.05) is 10.5 Å². The van der Waals surface area contributed by atoms with Gasteiger partial charge in [-0.15, -0.1) is 0 Å². The first-order chi connectivity index (χ1) is 7.81. The molecule has 1 aliphatic rings. The topological polar surface area (TPSA) is 12.0 Å². The van der Waals surface area contributed by atoms with Gasteiger partial charge in [0.2, 0.25) is 0 Å². The van der Waals surface area contributed by atoms with Gasteiger partial charge in [0.1, 0.15) is 0 Å². The zero-order valence-electron chi connectivity index (χ0n) is 9.88. The number of nitrogens with one attached hydrogen (secondary N) is 1. The molecule has 1 aromatic rings. The van der Waals surface area contributed by atoms with Crippen LogP contribution in [0.4, 0.5) is 0 Å². The molecule has 16 heavy (non-hydrogen) atoms. The average Bonchev–Trinajstić information content (AvgIpc) is 3.11. The van der Waals surface area contributed by atoms with E-state index in [0.29, 0.717) is 0 Å². The minimum Gasteiger partial charge on any atom is -0.313 e. The van der Waals surface area contributed by atoms with Crippen LogP contribution in [0.1, 0.15) is 31.7 Å².